The molecule has 0 aromatic carbocycles. The van der Waals surface area contributed by atoms with Crippen LogP contribution in [0.2, 0.25) is 4.82 Å². The fraction of sp³-hybridized carbons (Fsp3) is 0.615. The molecule has 1 fully saturated rings. The number of hydrogen-bond acceptors (Lipinski definition) is 1. The molecule has 0 bridgehead atoms. The van der Waals surface area contributed by atoms with E-state index in [0.717, 1.165) is 4.82 Å². The first kappa shape index (κ1) is 14.3. The van der Waals surface area contributed by atoms with Crippen LogP contribution in [0.5, 0.6) is 0 Å². The molecule has 0 heterocycles. The van der Waals surface area contributed by atoms with Crippen molar-refractivity contribution in [2.45, 2.75) is 36.9 Å². The van der Waals surface area contributed by atoms with Gasteiger partial charge in [0.15, 0.2) is 0 Å². The van der Waals surface area contributed by atoms with E-state index in [1.54, 1.807) is 17.1 Å². The van der Waals surface area contributed by atoms with Crippen molar-refractivity contribution in [3.8, 4) is 0 Å². The summed E-state index contributed by atoms with van der Waals surface area (Å²) in [6.45, 7) is 8.49. The average Bonchev–Trinajstić information content (AvgIpc) is 2.37. The molecular weight excluding hydrogens is 279 g/mol. The second-order valence-electron chi connectivity index (χ2n) is 4.27. The minimum atomic E-state index is 0.0235. The number of carbonyl (C=O) groups is 1. The zero-order chi connectivity index (χ0) is 12.5. The third-order valence-electron chi connectivity index (χ3n) is 2.85. The van der Waals surface area contributed by atoms with Crippen molar-refractivity contribution in [2.24, 2.45) is 0 Å². The van der Waals surface area contributed by atoms with Crippen molar-refractivity contribution >= 4 is 21.2 Å². The Morgan fingerprint density at radius 3 is 2.35 bits per heavy atom. The third-order valence-corrected chi connectivity index (χ3v) is 5.15. The van der Waals surface area contributed by atoms with Gasteiger partial charge in [-0.15, -0.1) is 0 Å². The Labute approximate surface area is 111 Å². The second-order valence-corrected chi connectivity index (χ2v) is 6.59. The predicted octanol–water partition coefficient (Wildman–Crippen LogP) is 2.74. The van der Waals surface area contributed by atoms with E-state index in [4.69, 9.17) is 0 Å². The molecule has 0 radical (unpaired) electrons. The summed E-state index contributed by atoms with van der Waals surface area (Å²) in [6, 6.07) is 0.0235. The van der Waals surface area contributed by atoms with Crippen LogP contribution in [0.15, 0.2) is 25.3 Å². The van der Waals surface area contributed by atoms with Gasteiger partial charge in [0.2, 0.25) is 0 Å². The molecule has 0 saturated heterocycles. The molecule has 0 aliphatic heterocycles. The molecule has 17 heavy (non-hydrogen) atoms. The molecule has 0 aromatic rings. The number of urea groups is 1. The van der Waals surface area contributed by atoms with Gasteiger partial charge in [0.1, 0.15) is 0 Å². The zero-order valence-corrected chi connectivity index (χ0v) is 12.1. The zero-order valence-electron chi connectivity index (χ0n) is 10.4. The molecule has 0 spiro atoms. The summed E-state index contributed by atoms with van der Waals surface area (Å²) in [5.41, 5.74) is 0. The summed E-state index contributed by atoms with van der Waals surface area (Å²) in [5.74, 6) is 0. The quantitative estimate of drug-likeness (QED) is 0.594. The standard InChI is InChI=1S/C13H22N2OSe/c1-3-10-15(11-4-2)13(16)14-17-12-8-6-5-7-9-12/h3-4,12H,1-2,5-11H2,(H,14,16). The van der Waals surface area contributed by atoms with Gasteiger partial charge < -0.3 is 0 Å². The van der Waals surface area contributed by atoms with E-state index in [2.05, 4.69) is 17.5 Å². The molecule has 1 saturated carbocycles. The number of amides is 2. The Hall–Kier alpha value is -0.731. The summed E-state index contributed by atoms with van der Waals surface area (Å²) >= 11 is 0.234. The predicted molar refractivity (Wildman–Crippen MR) is 73.1 cm³/mol. The SMILES string of the molecule is C=CCN(CC=C)C(=O)N[Se]C1CCCCC1. The Morgan fingerprint density at radius 2 is 1.82 bits per heavy atom. The van der Waals surface area contributed by atoms with Crippen molar-refractivity contribution in [1.29, 1.82) is 0 Å². The molecule has 96 valence electrons. The number of rotatable bonds is 6. The van der Waals surface area contributed by atoms with E-state index < -0.39 is 0 Å². The van der Waals surface area contributed by atoms with Gasteiger partial charge in [-0.25, -0.2) is 0 Å². The first-order valence-corrected chi connectivity index (χ1v) is 8.05. The Balaban J connectivity index is 2.29. The van der Waals surface area contributed by atoms with Crippen LogP contribution in [0.4, 0.5) is 4.79 Å². The van der Waals surface area contributed by atoms with Gasteiger partial charge in [-0.2, -0.15) is 0 Å². The Morgan fingerprint density at radius 1 is 1.24 bits per heavy atom. The van der Waals surface area contributed by atoms with E-state index in [1.165, 1.54) is 32.1 Å². The summed E-state index contributed by atoms with van der Waals surface area (Å²) in [4.78, 5) is 14.4. The van der Waals surface area contributed by atoms with Crippen LogP contribution in [-0.4, -0.2) is 39.2 Å². The molecule has 0 atom stereocenters. The van der Waals surface area contributed by atoms with Gasteiger partial charge in [-0.1, -0.05) is 0 Å². The first-order valence-electron chi connectivity index (χ1n) is 6.20. The maximum atomic E-state index is 11.9. The fourth-order valence-corrected chi connectivity index (χ4v) is 3.96. The van der Waals surface area contributed by atoms with Crippen LogP contribution < -0.4 is 4.33 Å². The number of hydrogen-bond donors (Lipinski definition) is 1. The fourth-order valence-electron chi connectivity index (χ4n) is 1.93. The minimum absolute atomic E-state index is 0.0235. The van der Waals surface area contributed by atoms with Crippen molar-refractivity contribution in [2.75, 3.05) is 13.1 Å². The summed E-state index contributed by atoms with van der Waals surface area (Å²) in [6.07, 6.45) is 10.1. The van der Waals surface area contributed by atoms with Crippen LogP contribution in [0.25, 0.3) is 0 Å². The molecule has 1 rings (SSSR count). The topological polar surface area (TPSA) is 32.3 Å². The second kappa shape index (κ2) is 8.37. The monoisotopic (exact) mass is 302 g/mol. The molecule has 3 nitrogen and oxygen atoms in total. The molecule has 1 aliphatic carbocycles. The van der Waals surface area contributed by atoms with E-state index >= 15 is 0 Å². The Bertz CT molecular complexity index is 252. The first-order chi connectivity index (χ1) is 8.27. The molecule has 0 aromatic heterocycles. The number of carbonyl (C=O) groups excluding carboxylic acids is 1. The number of nitrogens with zero attached hydrogens (tertiary/aromatic N) is 1. The van der Waals surface area contributed by atoms with Crippen molar-refractivity contribution in [3.05, 3.63) is 25.3 Å². The van der Waals surface area contributed by atoms with Crippen LogP contribution in [-0.2, 0) is 0 Å². The van der Waals surface area contributed by atoms with E-state index in [-0.39, 0.29) is 21.2 Å². The van der Waals surface area contributed by atoms with Gasteiger partial charge in [0.05, 0.1) is 0 Å². The summed E-state index contributed by atoms with van der Waals surface area (Å²) < 4.78 is 3.08. The van der Waals surface area contributed by atoms with Gasteiger partial charge in [0, 0.05) is 0 Å². The van der Waals surface area contributed by atoms with Crippen LogP contribution in [0.1, 0.15) is 32.1 Å². The van der Waals surface area contributed by atoms with E-state index in [0.29, 0.717) is 13.1 Å². The molecule has 0 unspecified atom stereocenters. The summed E-state index contributed by atoms with van der Waals surface area (Å²) in [7, 11) is 0. The number of nitrogens with one attached hydrogen (secondary N) is 1. The van der Waals surface area contributed by atoms with Gasteiger partial charge in [-0.3, -0.25) is 0 Å². The average molecular weight is 301 g/mol. The molecule has 1 N–H and O–H groups in total. The van der Waals surface area contributed by atoms with Crippen LogP contribution >= 0.6 is 0 Å². The van der Waals surface area contributed by atoms with Crippen LogP contribution in [0, 0.1) is 0 Å². The molecule has 1 aliphatic rings. The maximum absolute atomic E-state index is 11.9. The normalized spacial score (nSPS) is 16.2. The summed E-state index contributed by atoms with van der Waals surface area (Å²) in [5, 5.41) is 0. The van der Waals surface area contributed by atoms with Gasteiger partial charge in [0.25, 0.3) is 0 Å². The van der Waals surface area contributed by atoms with Crippen molar-refractivity contribution < 1.29 is 4.79 Å². The van der Waals surface area contributed by atoms with E-state index in [1.807, 2.05) is 0 Å². The molecular formula is C13H22N2OSe. The van der Waals surface area contributed by atoms with Crippen molar-refractivity contribution in [3.63, 3.8) is 0 Å². The molecule has 2 amide bonds. The van der Waals surface area contributed by atoms with Gasteiger partial charge >= 0.3 is 111 Å². The van der Waals surface area contributed by atoms with E-state index in [9.17, 15) is 4.79 Å². The van der Waals surface area contributed by atoms with Gasteiger partial charge in [-0.05, 0) is 0 Å². The molecule has 4 heteroatoms. The third kappa shape index (κ3) is 5.42. The van der Waals surface area contributed by atoms with Crippen LogP contribution in [0.3, 0.4) is 0 Å². The van der Waals surface area contributed by atoms with Crippen molar-refractivity contribution in [1.82, 2.24) is 9.23 Å². The Kier molecular flexibility index (Phi) is 7.06.